The third kappa shape index (κ3) is 3.23. The van der Waals surface area contributed by atoms with E-state index in [4.69, 9.17) is 21.8 Å². The maximum absolute atomic E-state index is 9.07. The molecule has 126 valence electrons. The van der Waals surface area contributed by atoms with Crippen molar-refractivity contribution in [3.05, 3.63) is 45.4 Å². The highest BCUT2D eigenvalue weighted by atomic mass is 35.5. The number of benzene rings is 1. The van der Waals surface area contributed by atoms with Crippen LogP contribution in [0, 0.1) is 11.3 Å². The van der Waals surface area contributed by atoms with E-state index in [1.165, 1.54) is 5.69 Å². The molecule has 1 aliphatic rings. The summed E-state index contributed by atoms with van der Waals surface area (Å²) in [6, 6.07) is 10.0. The van der Waals surface area contributed by atoms with Crippen molar-refractivity contribution in [1.82, 2.24) is 20.4 Å². The standard InChI is InChI=1S/C17H15ClN6S/c18-12-1-3-13(4-2-12)24-7-5-11(6-8-24)17-20-15(10-25-17)16-14(9-19)21-23-22-16/h1-4,10-11H,5-8H2,(H,21,22,23). The minimum atomic E-state index is 0.286. The van der Waals surface area contributed by atoms with Crippen molar-refractivity contribution in [1.29, 1.82) is 5.26 Å². The molecule has 0 unspecified atom stereocenters. The molecule has 25 heavy (non-hydrogen) atoms. The van der Waals surface area contributed by atoms with E-state index in [1.807, 2.05) is 23.6 Å². The monoisotopic (exact) mass is 370 g/mol. The zero-order valence-corrected chi connectivity index (χ0v) is 14.9. The SMILES string of the molecule is N#Cc1n[nH]nc1-c1csc(C2CCN(c3ccc(Cl)cc3)CC2)n1. The summed E-state index contributed by atoms with van der Waals surface area (Å²) in [5.41, 5.74) is 2.76. The predicted molar refractivity (Wildman–Crippen MR) is 97.8 cm³/mol. The summed E-state index contributed by atoms with van der Waals surface area (Å²) >= 11 is 7.60. The van der Waals surface area contributed by atoms with Gasteiger partial charge in [0, 0.05) is 35.1 Å². The first kappa shape index (κ1) is 16.1. The molecule has 0 spiro atoms. The molecule has 4 rings (SSSR count). The van der Waals surface area contributed by atoms with E-state index < -0.39 is 0 Å². The number of aromatic nitrogens is 4. The van der Waals surface area contributed by atoms with Crippen molar-refractivity contribution in [2.45, 2.75) is 18.8 Å². The number of hydrogen-bond donors (Lipinski definition) is 1. The molecule has 0 aliphatic carbocycles. The molecule has 2 aromatic heterocycles. The smallest absolute Gasteiger partial charge is 0.192 e. The molecule has 0 saturated carbocycles. The van der Waals surface area contributed by atoms with Gasteiger partial charge in [0.05, 0.1) is 5.01 Å². The number of nitriles is 1. The summed E-state index contributed by atoms with van der Waals surface area (Å²) in [6.45, 7) is 1.99. The fourth-order valence-corrected chi connectivity index (χ4v) is 4.21. The fraction of sp³-hybridized carbons (Fsp3) is 0.294. The molecule has 1 aromatic carbocycles. The summed E-state index contributed by atoms with van der Waals surface area (Å²) < 4.78 is 0. The quantitative estimate of drug-likeness (QED) is 0.757. The first-order valence-corrected chi connectivity index (χ1v) is 9.27. The van der Waals surface area contributed by atoms with E-state index in [9.17, 15) is 0 Å². The third-order valence-electron chi connectivity index (χ3n) is 4.45. The Labute approximate surface area is 154 Å². The summed E-state index contributed by atoms with van der Waals surface area (Å²) in [5, 5.41) is 23.3. The molecule has 1 saturated heterocycles. The zero-order chi connectivity index (χ0) is 17.2. The molecule has 1 N–H and O–H groups in total. The summed E-state index contributed by atoms with van der Waals surface area (Å²) in [5.74, 6) is 0.444. The molecular weight excluding hydrogens is 356 g/mol. The molecule has 8 heteroatoms. The topological polar surface area (TPSA) is 81.5 Å². The first-order valence-electron chi connectivity index (χ1n) is 8.02. The third-order valence-corrected chi connectivity index (χ3v) is 5.71. The number of rotatable bonds is 3. The molecule has 0 bridgehead atoms. The number of halogens is 1. The Balaban J connectivity index is 1.45. The Morgan fingerprint density at radius 1 is 1.20 bits per heavy atom. The van der Waals surface area contributed by atoms with Crippen LogP contribution in [0.5, 0.6) is 0 Å². The fourth-order valence-electron chi connectivity index (χ4n) is 3.11. The van der Waals surface area contributed by atoms with E-state index in [-0.39, 0.29) is 5.69 Å². The minimum Gasteiger partial charge on any atom is -0.371 e. The lowest BCUT2D eigenvalue weighted by atomic mass is 9.97. The van der Waals surface area contributed by atoms with Gasteiger partial charge in [-0.1, -0.05) is 11.6 Å². The summed E-state index contributed by atoms with van der Waals surface area (Å²) in [6.07, 6.45) is 2.11. The molecular formula is C17H15ClN6S. The lowest BCUT2D eigenvalue weighted by molar-refractivity contribution is 0.504. The van der Waals surface area contributed by atoms with Crippen LogP contribution < -0.4 is 4.90 Å². The Morgan fingerprint density at radius 2 is 1.96 bits per heavy atom. The van der Waals surface area contributed by atoms with E-state index in [1.54, 1.807) is 11.3 Å². The van der Waals surface area contributed by atoms with Crippen molar-refractivity contribution < 1.29 is 0 Å². The van der Waals surface area contributed by atoms with Crippen molar-refractivity contribution in [2.24, 2.45) is 0 Å². The van der Waals surface area contributed by atoms with Crippen LogP contribution in [0.1, 0.15) is 29.5 Å². The predicted octanol–water partition coefficient (Wildman–Crippen LogP) is 3.84. The van der Waals surface area contributed by atoms with Gasteiger partial charge in [-0.05, 0) is 37.1 Å². The number of hydrogen-bond acceptors (Lipinski definition) is 6. The molecule has 3 aromatic rings. The van der Waals surface area contributed by atoms with Crippen LogP contribution in [-0.4, -0.2) is 33.5 Å². The van der Waals surface area contributed by atoms with Crippen LogP contribution in [0.25, 0.3) is 11.4 Å². The molecule has 1 fully saturated rings. The molecule has 0 amide bonds. The summed E-state index contributed by atoms with van der Waals surface area (Å²) in [4.78, 5) is 7.09. The van der Waals surface area contributed by atoms with Gasteiger partial charge in [0.1, 0.15) is 17.5 Å². The van der Waals surface area contributed by atoms with Gasteiger partial charge in [-0.25, -0.2) is 4.98 Å². The lowest BCUT2D eigenvalue weighted by Crippen LogP contribution is -2.32. The Kier molecular flexibility index (Phi) is 4.38. The average Bonchev–Trinajstić information content (AvgIpc) is 3.31. The number of piperidine rings is 1. The van der Waals surface area contributed by atoms with Crippen LogP contribution in [-0.2, 0) is 0 Å². The summed E-state index contributed by atoms with van der Waals surface area (Å²) in [7, 11) is 0. The number of aromatic amines is 1. The van der Waals surface area contributed by atoms with Gasteiger partial charge < -0.3 is 4.90 Å². The minimum absolute atomic E-state index is 0.286. The Bertz CT molecular complexity index is 902. The average molecular weight is 371 g/mol. The van der Waals surface area contributed by atoms with Crippen LogP contribution in [0.2, 0.25) is 5.02 Å². The molecule has 0 radical (unpaired) electrons. The van der Waals surface area contributed by atoms with Gasteiger partial charge >= 0.3 is 0 Å². The largest absolute Gasteiger partial charge is 0.371 e. The van der Waals surface area contributed by atoms with Crippen LogP contribution >= 0.6 is 22.9 Å². The van der Waals surface area contributed by atoms with Crippen LogP contribution in [0.3, 0.4) is 0 Å². The molecule has 1 aliphatic heterocycles. The van der Waals surface area contributed by atoms with Crippen molar-refractivity contribution in [2.75, 3.05) is 18.0 Å². The first-order chi connectivity index (χ1) is 12.2. The molecule has 3 heterocycles. The second kappa shape index (κ2) is 6.82. The number of nitrogens with zero attached hydrogens (tertiary/aromatic N) is 5. The van der Waals surface area contributed by atoms with E-state index in [0.29, 0.717) is 11.6 Å². The van der Waals surface area contributed by atoms with E-state index in [2.05, 4.69) is 32.4 Å². The zero-order valence-electron chi connectivity index (χ0n) is 13.3. The second-order valence-corrected chi connectivity index (χ2v) is 7.27. The number of thiazole rings is 1. The lowest BCUT2D eigenvalue weighted by Gasteiger charge is -2.32. The Morgan fingerprint density at radius 3 is 2.68 bits per heavy atom. The second-order valence-electron chi connectivity index (χ2n) is 5.94. The van der Waals surface area contributed by atoms with Gasteiger partial charge in [0.2, 0.25) is 0 Å². The highest BCUT2D eigenvalue weighted by Crippen LogP contribution is 2.34. The van der Waals surface area contributed by atoms with Gasteiger partial charge in [0.15, 0.2) is 5.69 Å². The highest BCUT2D eigenvalue weighted by molar-refractivity contribution is 7.10. The van der Waals surface area contributed by atoms with E-state index >= 15 is 0 Å². The highest BCUT2D eigenvalue weighted by Gasteiger charge is 2.24. The Hall–Kier alpha value is -2.43. The molecule has 6 nitrogen and oxygen atoms in total. The van der Waals surface area contributed by atoms with Gasteiger partial charge in [0.25, 0.3) is 0 Å². The maximum Gasteiger partial charge on any atom is 0.192 e. The van der Waals surface area contributed by atoms with Crippen molar-refractivity contribution >= 4 is 28.6 Å². The number of H-pyrrole nitrogens is 1. The van der Waals surface area contributed by atoms with Gasteiger partial charge in [-0.15, -0.1) is 16.4 Å². The normalized spacial score (nSPS) is 15.3. The molecule has 0 atom stereocenters. The maximum atomic E-state index is 9.07. The van der Waals surface area contributed by atoms with Crippen molar-refractivity contribution in [3.8, 4) is 17.5 Å². The number of nitrogens with one attached hydrogen (secondary N) is 1. The van der Waals surface area contributed by atoms with Crippen LogP contribution in [0.4, 0.5) is 5.69 Å². The van der Waals surface area contributed by atoms with E-state index in [0.717, 1.165) is 41.7 Å². The van der Waals surface area contributed by atoms with Gasteiger partial charge in [-0.2, -0.15) is 15.6 Å². The number of anilines is 1. The van der Waals surface area contributed by atoms with Crippen LogP contribution in [0.15, 0.2) is 29.6 Å². The van der Waals surface area contributed by atoms with Crippen molar-refractivity contribution in [3.63, 3.8) is 0 Å². The van der Waals surface area contributed by atoms with Gasteiger partial charge in [-0.3, -0.25) is 0 Å².